The van der Waals surface area contributed by atoms with E-state index in [0.29, 0.717) is 0 Å². The van der Waals surface area contributed by atoms with Gasteiger partial charge in [0.1, 0.15) is 5.01 Å². The summed E-state index contributed by atoms with van der Waals surface area (Å²) in [7, 11) is 0. The fourth-order valence-corrected chi connectivity index (χ4v) is 1.86. The summed E-state index contributed by atoms with van der Waals surface area (Å²) in [5.41, 5.74) is 0. The van der Waals surface area contributed by atoms with Crippen molar-refractivity contribution in [1.29, 1.82) is 0 Å². The first-order chi connectivity index (χ1) is 6.45. The summed E-state index contributed by atoms with van der Waals surface area (Å²) in [5, 5.41) is 11.9. The van der Waals surface area contributed by atoms with Gasteiger partial charge in [-0.3, -0.25) is 0 Å². The zero-order valence-corrected chi connectivity index (χ0v) is 8.26. The predicted octanol–water partition coefficient (Wildman–Crippen LogP) is -0.619. The van der Waals surface area contributed by atoms with Crippen LogP contribution in [0, 0.1) is 0 Å². The molecule has 0 atom stereocenters. The van der Waals surface area contributed by atoms with Gasteiger partial charge in [-0.15, -0.1) is 5.10 Å². The summed E-state index contributed by atoms with van der Waals surface area (Å²) in [6.07, 6.45) is 0.984. The zero-order chi connectivity index (χ0) is 8.93. The summed E-state index contributed by atoms with van der Waals surface area (Å²) >= 11 is 1.40. The molecule has 1 saturated heterocycles. The molecule has 0 spiro atoms. The number of piperazine rings is 1. The van der Waals surface area contributed by atoms with Crippen LogP contribution in [-0.4, -0.2) is 52.4 Å². The highest BCUT2D eigenvalue weighted by Crippen LogP contribution is 2.01. The number of hydrogen-bond donors (Lipinski definition) is 1. The quantitative estimate of drug-likeness (QED) is 0.703. The van der Waals surface area contributed by atoms with Crippen LogP contribution >= 0.6 is 11.5 Å². The van der Waals surface area contributed by atoms with Gasteiger partial charge in [-0.1, -0.05) is 4.49 Å². The van der Waals surface area contributed by atoms with E-state index in [0.717, 1.165) is 44.2 Å². The lowest BCUT2D eigenvalue weighted by atomic mass is 10.3. The van der Waals surface area contributed by atoms with Gasteiger partial charge in [-0.25, -0.2) is 0 Å². The Balaban J connectivity index is 1.72. The third-order valence-corrected chi connectivity index (χ3v) is 2.84. The van der Waals surface area contributed by atoms with E-state index >= 15 is 0 Å². The Labute approximate surface area is 81.3 Å². The number of aromatic nitrogens is 3. The van der Waals surface area contributed by atoms with Crippen LogP contribution in [0.3, 0.4) is 0 Å². The third kappa shape index (κ3) is 2.68. The van der Waals surface area contributed by atoms with Gasteiger partial charge < -0.3 is 10.2 Å². The second kappa shape index (κ2) is 4.59. The second-order valence-corrected chi connectivity index (χ2v) is 3.91. The maximum atomic E-state index is 3.92. The molecule has 1 fully saturated rings. The fraction of sp³-hybridized carbons (Fsp3) is 0.857. The average Bonchev–Trinajstić information content (AvgIpc) is 2.69. The van der Waals surface area contributed by atoms with E-state index < -0.39 is 0 Å². The molecular weight excluding hydrogens is 186 g/mol. The van der Waals surface area contributed by atoms with Gasteiger partial charge in [0.05, 0.1) is 0 Å². The van der Waals surface area contributed by atoms with Crippen molar-refractivity contribution in [2.24, 2.45) is 0 Å². The molecule has 1 aliphatic heterocycles. The van der Waals surface area contributed by atoms with Crippen LogP contribution in [0.2, 0.25) is 0 Å². The molecule has 1 aliphatic rings. The van der Waals surface area contributed by atoms with Gasteiger partial charge in [0.15, 0.2) is 0 Å². The molecule has 0 radical (unpaired) electrons. The SMILES string of the molecule is C1CN(CCc2nnns2)CCN1. The second-order valence-electron chi connectivity index (χ2n) is 3.10. The molecule has 72 valence electrons. The van der Waals surface area contributed by atoms with Gasteiger partial charge >= 0.3 is 0 Å². The molecule has 6 heteroatoms. The lowest BCUT2D eigenvalue weighted by Crippen LogP contribution is -2.44. The molecule has 13 heavy (non-hydrogen) atoms. The normalized spacial score (nSPS) is 19.1. The van der Waals surface area contributed by atoms with Crippen LogP contribution in [0.25, 0.3) is 0 Å². The molecule has 0 unspecified atom stereocenters. The Morgan fingerprint density at radius 2 is 2.23 bits per heavy atom. The van der Waals surface area contributed by atoms with E-state index in [1.54, 1.807) is 0 Å². The zero-order valence-electron chi connectivity index (χ0n) is 7.44. The summed E-state index contributed by atoms with van der Waals surface area (Å²) in [6.45, 7) is 5.58. The Morgan fingerprint density at radius 1 is 1.38 bits per heavy atom. The van der Waals surface area contributed by atoms with Crippen molar-refractivity contribution < 1.29 is 0 Å². The molecule has 0 bridgehead atoms. The largest absolute Gasteiger partial charge is 0.314 e. The molecule has 0 amide bonds. The number of hydrogen-bond acceptors (Lipinski definition) is 6. The van der Waals surface area contributed by atoms with Crippen LogP contribution in [0.4, 0.5) is 0 Å². The van der Waals surface area contributed by atoms with Crippen molar-refractivity contribution in [3.63, 3.8) is 0 Å². The Morgan fingerprint density at radius 3 is 2.92 bits per heavy atom. The summed E-state index contributed by atoms with van der Waals surface area (Å²) in [6, 6.07) is 0. The Bertz CT molecular complexity index is 231. The fourth-order valence-electron chi connectivity index (χ4n) is 1.44. The van der Waals surface area contributed by atoms with Crippen molar-refractivity contribution >= 4 is 11.5 Å². The molecule has 0 aromatic carbocycles. The van der Waals surface area contributed by atoms with Crippen molar-refractivity contribution in [1.82, 2.24) is 25.0 Å². The lowest BCUT2D eigenvalue weighted by molar-refractivity contribution is 0.243. The van der Waals surface area contributed by atoms with Crippen LogP contribution in [0.1, 0.15) is 5.01 Å². The minimum atomic E-state index is 0.984. The van der Waals surface area contributed by atoms with E-state index in [1.807, 2.05) is 0 Å². The van der Waals surface area contributed by atoms with Crippen molar-refractivity contribution in [2.75, 3.05) is 32.7 Å². The molecule has 5 nitrogen and oxygen atoms in total. The molecule has 1 aromatic heterocycles. The van der Waals surface area contributed by atoms with E-state index in [4.69, 9.17) is 0 Å². The summed E-state index contributed by atoms with van der Waals surface area (Å²) in [5.74, 6) is 0. The van der Waals surface area contributed by atoms with E-state index in [2.05, 4.69) is 25.0 Å². The van der Waals surface area contributed by atoms with Crippen molar-refractivity contribution in [3.05, 3.63) is 5.01 Å². The molecule has 0 saturated carbocycles. The van der Waals surface area contributed by atoms with E-state index in [9.17, 15) is 0 Å². The summed E-state index contributed by atoms with van der Waals surface area (Å²) < 4.78 is 3.74. The lowest BCUT2D eigenvalue weighted by Gasteiger charge is -2.26. The van der Waals surface area contributed by atoms with Gasteiger partial charge in [0.25, 0.3) is 0 Å². The smallest absolute Gasteiger partial charge is 0.139 e. The van der Waals surface area contributed by atoms with Gasteiger partial charge in [-0.05, 0) is 5.21 Å². The first kappa shape index (κ1) is 8.98. The van der Waals surface area contributed by atoms with Crippen molar-refractivity contribution in [3.8, 4) is 0 Å². The Hall–Kier alpha value is -0.590. The molecule has 2 rings (SSSR count). The molecule has 1 aromatic rings. The van der Waals surface area contributed by atoms with Crippen LogP contribution in [0.5, 0.6) is 0 Å². The van der Waals surface area contributed by atoms with E-state index in [-0.39, 0.29) is 0 Å². The number of nitrogens with zero attached hydrogens (tertiary/aromatic N) is 4. The molecule has 0 aliphatic carbocycles. The average molecular weight is 199 g/mol. The van der Waals surface area contributed by atoms with Gasteiger partial charge in [-0.2, -0.15) is 0 Å². The van der Waals surface area contributed by atoms with Crippen molar-refractivity contribution in [2.45, 2.75) is 6.42 Å². The third-order valence-electron chi connectivity index (χ3n) is 2.19. The predicted molar refractivity (Wildman–Crippen MR) is 50.7 cm³/mol. The molecular formula is C7H13N5S. The van der Waals surface area contributed by atoms with Crippen LogP contribution in [0.15, 0.2) is 0 Å². The molecule has 1 N–H and O–H groups in total. The maximum absolute atomic E-state index is 3.92. The highest BCUT2D eigenvalue weighted by atomic mass is 32.1. The standard InChI is InChI=1S/C7H13N5S/c1(7-9-10-11-13-7)4-12-5-2-8-3-6-12/h8H,1-6H2. The minimum Gasteiger partial charge on any atom is -0.314 e. The van der Waals surface area contributed by atoms with Crippen LogP contribution in [-0.2, 0) is 6.42 Å². The monoisotopic (exact) mass is 199 g/mol. The molecule has 2 heterocycles. The van der Waals surface area contributed by atoms with Crippen LogP contribution < -0.4 is 5.32 Å². The van der Waals surface area contributed by atoms with Gasteiger partial charge in [0, 0.05) is 50.7 Å². The highest BCUT2D eigenvalue weighted by molar-refractivity contribution is 7.05. The van der Waals surface area contributed by atoms with Gasteiger partial charge in [0.2, 0.25) is 0 Å². The Kier molecular flexibility index (Phi) is 3.17. The number of nitrogens with one attached hydrogen (secondary N) is 1. The first-order valence-electron chi connectivity index (χ1n) is 4.52. The minimum absolute atomic E-state index is 0.984. The highest BCUT2D eigenvalue weighted by Gasteiger charge is 2.09. The number of rotatable bonds is 3. The topological polar surface area (TPSA) is 53.9 Å². The first-order valence-corrected chi connectivity index (χ1v) is 5.29. The van der Waals surface area contributed by atoms with E-state index in [1.165, 1.54) is 11.5 Å². The summed E-state index contributed by atoms with van der Waals surface area (Å²) in [4.78, 5) is 2.44. The maximum Gasteiger partial charge on any atom is 0.139 e.